The SMILES string of the molecule is C[C@@H]1C[C@H](C)C(=O)C2[C@@]3(C)CC(c4ccoc4)OC(=O)C3CC[C@]21C. The Hall–Kier alpha value is -1.58. The molecule has 1 saturated heterocycles. The van der Waals surface area contributed by atoms with Gasteiger partial charge in [-0.1, -0.05) is 27.7 Å². The molecule has 1 aliphatic heterocycles. The maximum Gasteiger partial charge on any atom is 0.310 e. The molecule has 3 fully saturated rings. The largest absolute Gasteiger partial charge is 0.472 e. The van der Waals surface area contributed by atoms with Crippen molar-refractivity contribution in [1.82, 2.24) is 0 Å². The summed E-state index contributed by atoms with van der Waals surface area (Å²) in [6.45, 7) is 8.78. The summed E-state index contributed by atoms with van der Waals surface area (Å²) in [5.41, 5.74) is 0.530. The second-order valence-corrected chi connectivity index (χ2v) is 9.16. The molecule has 2 saturated carbocycles. The number of furan rings is 1. The summed E-state index contributed by atoms with van der Waals surface area (Å²) in [6, 6.07) is 1.86. The second-order valence-electron chi connectivity index (χ2n) is 9.16. The highest BCUT2D eigenvalue weighted by atomic mass is 16.5. The zero-order valence-electron chi connectivity index (χ0n) is 15.6. The third-order valence-electron chi connectivity index (χ3n) is 7.77. The molecule has 0 N–H and O–H groups in total. The Kier molecular flexibility index (Phi) is 3.68. The topological polar surface area (TPSA) is 56.5 Å². The maximum atomic E-state index is 13.3. The van der Waals surface area contributed by atoms with Crippen molar-refractivity contribution in [2.75, 3.05) is 0 Å². The van der Waals surface area contributed by atoms with Crippen LogP contribution in [0.5, 0.6) is 0 Å². The van der Waals surface area contributed by atoms with E-state index in [0.29, 0.717) is 18.1 Å². The molecule has 0 bridgehead atoms. The van der Waals surface area contributed by atoms with Gasteiger partial charge in [0, 0.05) is 17.4 Å². The van der Waals surface area contributed by atoms with E-state index in [0.717, 1.165) is 24.8 Å². The number of hydrogen-bond acceptors (Lipinski definition) is 4. The van der Waals surface area contributed by atoms with Crippen LogP contribution in [0.2, 0.25) is 0 Å². The van der Waals surface area contributed by atoms with Crippen LogP contribution in [0, 0.1) is 34.5 Å². The Labute approximate surface area is 149 Å². The third kappa shape index (κ3) is 2.25. The number of rotatable bonds is 1. The van der Waals surface area contributed by atoms with E-state index < -0.39 is 0 Å². The van der Waals surface area contributed by atoms with Gasteiger partial charge in [-0.05, 0) is 48.5 Å². The molecule has 2 heterocycles. The quantitative estimate of drug-likeness (QED) is 0.701. The standard InChI is InChI=1S/C21H28O4/c1-12-9-13(2)20(3)7-5-15-19(23)25-16(14-6-8-24-11-14)10-21(15,4)18(20)17(12)22/h6,8,11-13,15-16,18H,5,7,9-10H2,1-4H3/t12-,13+,15?,16?,18?,20-,21-/m0/s1. The summed E-state index contributed by atoms with van der Waals surface area (Å²) in [5.74, 6) is 0.548. The van der Waals surface area contributed by atoms with Crippen molar-refractivity contribution in [1.29, 1.82) is 0 Å². The highest BCUT2D eigenvalue weighted by Crippen LogP contribution is 2.65. The molecule has 4 rings (SSSR count). The first-order valence-corrected chi connectivity index (χ1v) is 9.53. The summed E-state index contributed by atoms with van der Waals surface area (Å²) >= 11 is 0. The normalized spacial score (nSPS) is 47.0. The van der Waals surface area contributed by atoms with Crippen molar-refractivity contribution in [3.63, 3.8) is 0 Å². The van der Waals surface area contributed by atoms with Crippen LogP contribution in [0.15, 0.2) is 23.0 Å². The van der Waals surface area contributed by atoms with E-state index in [1.807, 2.05) is 6.07 Å². The maximum absolute atomic E-state index is 13.3. The van der Waals surface area contributed by atoms with E-state index in [-0.39, 0.29) is 40.7 Å². The van der Waals surface area contributed by atoms with E-state index in [1.165, 1.54) is 0 Å². The molecule has 0 radical (unpaired) electrons. The molecule has 0 amide bonds. The molecular formula is C21H28O4. The zero-order chi connectivity index (χ0) is 18.0. The van der Waals surface area contributed by atoms with Crippen LogP contribution in [0.25, 0.3) is 0 Å². The van der Waals surface area contributed by atoms with Gasteiger partial charge < -0.3 is 9.15 Å². The van der Waals surface area contributed by atoms with E-state index in [2.05, 4.69) is 27.7 Å². The zero-order valence-corrected chi connectivity index (χ0v) is 15.6. The van der Waals surface area contributed by atoms with Gasteiger partial charge in [-0.2, -0.15) is 0 Å². The Morgan fingerprint density at radius 2 is 1.92 bits per heavy atom. The minimum Gasteiger partial charge on any atom is -0.472 e. The predicted molar refractivity (Wildman–Crippen MR) is 92.5 cm³/mol. The van der Waals surface area contributed by atoms with Crippen LogP contribution >= 0.6 is 0 Å². The van der Waals surface area contributed by atoms with E-state index >= 15 is 0 Å². The van der Waals surface area contributed by atoms with Gasteiger partial charge in [-0.15, -0.1) is 0 Å². The molecule has 1 aromatic rings. The van der Waals surface area contributed by atoms with Gasteiger partial charge in [-0.3, -0.25) is 9.59 Å². The highest BCUT2D eigenvalue weighted by molar-refractivity contribution is 5.87. The molecule has 0 spiro atoms. The first kappa shape index (κ1) is 16.9. The minimum absolute atomic E-state index is 0.0204. The van der Waals surface area contributed by atoms with Crippen LogP contribution in [0.3, 0.4) is 0 Å². The van der Waals surface area contributed by atoms with Crippen LogP contribution in [0.4, 0.5) is 0 Å². The van der Waals surface area contributed by atoms with Crippen LogP contribution in [0.1, 0.15) is 65.0 Å². The summed E-state index contributed by atoms with van der Waals surface area (Å²) in [6.07, 6.45) is 6.37. The van der Waals surface area contributed by atoms with Gasteiger partial charge in [0.15, 0.2) is 0 Å². The van der Waals surface area contributed by atoms with Gasteiger partial charge in [0.05, 0.1) is 18.4 Å². The van der Waals surface area contributed by atoms with Crippen molar-refractivity contribution < 1.29 is 18.7 Å². The van der Waals surface area contributed by atoms with E-state index in [4.69, 9.17) is 9.15 Å². The van der Waals surface area contributed by atoms with Gasteiger partial charge >= 0.3 is 5.97 Å². The molecule has 2 aliphatic carbocycles. The Bertz CT molecular complexity index is 693. The first-order valence-electron chi connectivity index (χ1n) is 9.53. The average molecular weight is 344 g/mol. The first-order chi connectivity index (χ1) is 11.8. The van der Waals surface area contributed by atoms with Gasteiger partial charge in [0.25, 0.3) is 0 Å². The molecular weight excluding hydrogens is 316 g/mol. The molecule has 136 valence electrons. The lowest BCUT2D eigenvalue weighted by Gasteiger charge is -2.61. The van der Waals surface area contributed by atoms with Crippen LogP contribution < -0.4 is 0 Å². The number of ether oxygens (including phenoxy) is 1. The number of carbonyl (C=O) groups is 2. The lowest BCUT2D eigenvalue weighted by Crippen LogP contribution is -2.61. The molecule has 25 heavy (non-hydrogen) atoms. The number of fused-ring (bicyclic) bond motifs is 3. The third-order valence-corrected chi connectivity index (χ3v) is 7.77. The predicted octanol–water partition coefficient (Wildman–Crippen LogP) is 4.55. The number of hydrogen-bond donors (Lipinski definition) is 0. The lowest BCUT2D eigenvalue weighted by molar-refractivity contribution is -0.201. The fraction of sp³-hybridized carbons (Fsp3) is 0.714. The van der Waals surface area contributed by atoms with E-state index in [1.54, 1.807) is 12.5 Å². The Morgan fingerprint density at radius 3 is 2.60 bits per heavy atom. The molecule has 7 atom stereocenters. The molecule has 4 heteroatoms. The number of carbonyl (C=O) groups excluding carboxylic acids is 2. The minimum atomic E-state index is -0.343. The molecule has 1 aromatic heterocycles. The molecule has 4 nitrogen and oxygen atoms in total. The second kappa shape index (κ2) is 5.46. The van der Waals surface area contributed by atoms with Crippen molar-refractivity contribution in [2.24, 2.45) is 34.5 Å². The van der Waals surface area contributed by atoms with Crippen molar-refractivity contribution in [3.05, 3.63) is 24.2 Å². The fourth-order valence-corrected chi connectivity index (χ4v) is 6.22. The van der Waals surface area contributed by atoms with E-state index in [9.17, 15) is 9.59 Å². The number of esters is 1. The van der Waals surface area contributed by atoms with Crippen LogP contribution in [-0.2, 0) is 14.3 Å². The van der Waals surface area contributed by atoms with Gasteiger partial charge in [-0.25, -0.2) is 0 Å². The molecule has 3 unspecified atom stereocenters. The van der Waals surface area contributed by atoms with Gasteiger partial charge in [0.2, 0.25) is 0 Å². The monoisotopic (exact) mass is 344 g/mol. The molecule has 0 aromatic carbocycles. The summed E-state index contributed by atoms with van der Waals surface area (Å²) in [7, 11) is 0. The lowest BCUT2D eigenvalue weighted by atomic mass is 9.42. The summed E-state index contributed by atoms with van der Waals surface area (Å²) in [5, 5.41) is 0. The fourth-order valence-electron chi connectivity index (χ4n) is 6.22. The summed E-state index contributed by atoms with van der Waals surface area (Å²) in [4.78, 5) is 26.1. The number of Topliss-reactive ketones (excluding diaryl/α,β-unsaturated/α-hetero) is 1. The molecule has 3 aliphatic rings. The van der Waals surface area contributed by atoms with Crippen molar-refractivity contribution >= 4 is 11.8 Å². The van der Waals surface area contributed by atoms with Crippen molar-refractivity contribution in [3.8, 4) is 0 Å². The Balaban J connectivity index is 1.78. The van der Waals surface area contributed by atoms with Gasteiger partial charge in [0.1, 0.15) is 11.9 Å². The highest BCUT2D eigenvalue weighted by Gasteiger charge is 2.64. The number of ketones is 1. The van der Waals surface area contributed by atoms with Crippen molar-refractivity contribution in [2.45, 2.75) is 59.5 Å². The Morgan fingerprint density at radius 1 is 1.16 bits per heavy atom. The average Bonchev–Trinajstić information content (AvgIpc) is 3.06. The smallest absolute Gasteiger partial charge is 0.310 e. The summed E-state index contributed by atoms with van der Waals surface area (Å²) < 4.78 is 11.0. The number of cyclic esters (lactones) is 1. The van der Waals surface area contributed by atoms with Crippen LogP contribution in [-0.4, -0.2) is 11.8 Å².